The predicted octanol–water partition coefficient (Wildman–Crippen LogP) is 3.28. The first-order valence-electron chi connectivity index (χ1n) is 6.43. The van der Waals surface area contributed by atoms with Crippen LogP contribution in [0.15, 0.2) is 48.7 Å². The minimum atomic E-state index is -0.119. The molecule has 0 amide bonds. The Morgan fingerprint density at radius 1 is 1.19 bits per heavy atom. The lowest BCUT2D eigenvalue weighted by atomic mass is 10.00. The molecule has 0 atom stereocenters. The van der Waals surface area contributed by atoms with E-state index in [0.717, 1.165) is 5.52 Å². The van der Waals surface area contributed by atoms with E-state index in [1.165, 1.54) is 0 Å². The average molecular weight is 276 g/mol. The molecule has 3 aromatic rings. The van der Waals surface area contributed by atoms with Gasteiger partial charge in [-0.2, -0.15) is 5.26 Å². The van der Waals surface area contributed by atoms with Gasteiger partial charge < -0.3 is 9.72 Å². The van der Waals surface area contributed by atoms with Crippen LogP contribution in [0.3, 0.4) is 0 Å². The molecular formula is C17H12N2O2. The second-order valence-corrected chi connectivity index (χ2v) is 4.60. The Morgan fingerprint density at radius 2 is 1.95 bits per heavy atom. The largest absolute Gasteiger partial charge is 0.497 e. The number of fused-ring (bicyclic) bond motifs is 1. The Hall–Kier alpha value is -3.06. The molecule has 1 aromatic heterocycles. The van der Waals surface area contributed by atoms with Crippen molar-refractivity contribution >= 4 is 16.7 Å². The zero-order valence-corrected chi connectivity index (χ0v) is 11.4. The Kier molecular flexibility index (Phi) is 3.17. The number of methoxy groups -OCH3 is 1. The molecule has 0 spiro atoms. The summed E-state index contributed by atoms with van der Waals surface area (Å²) in [7, 11) is 1.58. The maximum absolute atomic E-state index is 12.6. The molecule has 0 aliphatic rings. The number of carbonyl (C=O) groups is 1. The maximum Gasteiger partial charge on any atom is 0.195 e. The summed E-state index contributed by atoms with van der Waals surface area (Å²) in [6.07, 6.45) is 1.65. The van der Waals surface area contributed by atoms with Gasteiger partial charge >= 0.3 is 0 Å². The molecule has 2 aromatic carbocycles. The minimum Gasteiger partial charge on any atom is -0.497 e. The van der Waals surface area contributed by atoms with Crippen molar-refractivity contribution in [2.24, 2.45) is 0 Å². The second-order valence-electron chi connectivity index (χ2n) is 4.60. The van der Waals surface area contributed by atoms with Crippen LogP contribution in [0.4, 0.5) is 0 Å². The number of ether oxygens (including phenoxy) is 1. The van der Waals surface area contributed by atoms with Crippen molar-refractivity contribution in [2.45, 2.75) is 0 Å². The third kappa shape index (κ3) is 2.15. The van der Waals surface area contributed by atoms with Gasteiger partial charge in [0.2, 0.25) is 0 Å². The summed E-state index contributed by atoms with van der Waals surface area (Å²) in [4.78, 5) is 15.7. The van der Waals surface area contributed by atoms with E-state index >= 15 is 0 Å². The summed E-state index contributed by atoms with van der Waals surface area (Å²) in [5.74, 6) is 0.579. The van der Waals surface area contributed by atoms with Crippen molar-refractivity contribution < 1.29 is 9.53 Å². The van der Waals surface area contributed by atoms with Gasteiger partial charge in [0.1, 0.15) is 5.75 Å². The smallest absolute Gasteiger partial charge is 0.195 e. The Labute approximate surface area is 121 Å². The third-order valence-corrected chi connectivity index (χ3v) is 3.42. The molecule has 0 fully saturated rings. The molecule has 4 nitrogen and oxygen atoms in total. The zero-order chi connectivity index (χ0) is 14.8. The molecule has 0 aliphatic carbocycles. The first-order valence-corrected chi connectivity index (χ1v) is 6.43. The summed E-state index contributed by atoms with van der Waals surface area (Å²) in [5, 5.41) is 9.87. The topological polar surface area (TPSA) is 65.9 Å². The quantitative estimate of drug-likeness (QED) is 0.746. The zero-order valence-electron chi connectivity index (χ0n) is 11.4. The number of nitriles is 1. The highest BCUT2D eigenvalue weighted by Crippen LogP contribution is 2.25. The molecule has 0 aliphatic heterocycles. The van der Waals surface area contributed by atoms with Crippen LogP contribution in [0.25, 0.3) is 10.9 Å². The maximum atomic E-state index is 12.6. The van der Waals surface area contributed by atoms with Crippen LogP contribution >= 0.6 is 0 Å². The lowest BCUT2D eigenvalue weighted by Crippen LogP contribution is -2.01. The molecule has 4 heteroatoms. The highest BCUT2D eigenvalue weighted by Gasteiger charge is 2.16. The fraction of sp³-hybridized carbons (Fsp3) is 0.0588. The molecule has 3 rings (SSSR count). The van der Waals surface area contributed by atoms with Gasteiger partial charge in [-0.25, -0.2) is 0 Å². The molecule has 1 heterocycles. The van der Waals surface area contributed by atoms with Crippen LogP contribution in [-0.2, 0) is 0 Å². The van der Waals surface area contributed by atoms with Gasteiger partial charge in [0.05, 0.1) is 18.7 Å². The van der Waals surface area contributed by atoms with Crippen LogP contribution in [0.1, 0.15) is 21.5 Å². The highest BCUT2D eigenvalue weighted by atomic mass is 16.5. The third-order valence-electron chi connectivity index (χ3n) is 3.42. The predicted molar refractivity (Wildman–Crippen MR) is 79.4 cm³/mol. The van der Waals surface area contributed by atoms with Crippen LogP contribution in [0.2, 0.25) is 0 Å². The van der Waals surface area contributed by atoms with Gasteiger partial charge in [-0.1, -0.05) is 6.07 Å². The molecule has 102 valence electrons. The lowest BCUT2D eigenvalue weighted by molar-refractivity contribution is 0.104. The number of rotatable bonds is 3. The number of ketones is 1. The lowest BCUT2D eigenvalue weighted by Gasteiger charge is -2.03. The Bertz CT molecular complexity index is 855. The van der Waals surface area contributed by atoms with E-state index in [0.29, 0.717) is 27.8 Å². The Morgan fingerprint density at radius 3 is 2.62 bits per heavy atom. The number of hydrogen-bond acceptors (Lipinski definition) is 3. The normalized spacial score (nSPS) is 10.3. The molecule has 0 unspecified atom stereocenters. The molecular weight excluding hydrogens is 264 g/mol. The summed E-state index contributed by atoms with van der Waals surface area (Å²) >= 11 is 0. The minimum absolute atomic E-state index is 0.119. The van der Waals surface area contributed by atoms with Crippen molar-refractivity contribution in [1.29, 1.82) is 5.26 Å². The number of nitrogens with zero attached hydrogens (tertiary/aromatic N) is 1. The van der Waals surface area contributed by atoms with Crippen molar-refractivity contribution in [1.82, 2.24) is 4.98 Å². The summed E-state index contributed by atoms with van der Waals surface area (Å²) in [5.41, 5.74) is 2.34. The summed E-state index contributed by atoms with van der Waals surface area (Å²) < 4.78 is 5.09. The van der Waals surface area contributed by atoms with Gasteiger partial charge in [-0.05, 0) is 36.4 Å². The second kappa shape index (κ2) is 5.14. The van der Waals surface area contributed by atoms with Gasteiger partial charge in [-0.3, -0.25) is 4.79 Å². The fourth-order valence-electron chi connectivity index (χ4n) is 2.35. The van der Waals surface area contributed by atoms with E-state index in [2.05, 4.69) is 11.1 Å². The molecule has 0 saturated carbocycles. The van der Waals surface area contributed by atoms with E-state index in [-0.39, 0.29) is 5.78 Å². The van der Waals surface area contributed by atoms with E-state index in [1.807, 2.05) is 6.07 Å². The first kappa shape index (κ1) is 12.9. The number of H-pyrrole nitrogens is 1. The fourth-order valence-corrected chi connectivity index (χ4v) is 2.35. The highest BCUT2D eigenvalue weighted by molar-refractivity contribution is 6.17. The number of benzene rings is 2. The number of hydrogen-bond donors (Lipinski definition) is 1. The van der Waals surface area contributed by atoms with Crippen molar-refractivity contribution in [3.63, 3.8) is 0 Å². The molecule has 0 bridgehead atoms. The molecule has 0 radical (unpaired) electrons. The standard InChI is InChI=1S/C17H12N2O2/c1-21-13-7-5-11(6-8-13)17(20)14-10-19-15-4-2-3-12(9-18)16(14)15/h2-8,10,19H,1H3. The van der Waals surface area contributed by atoms with Crippen LogP contribution in [0.5, 0.6) is 5.75 Å². The molecule has 0 saturated heterocycles. The first-order chi connectivity index (χ1) is 10.2. The van der Waals surface area contributed by atoms with Crippen LogP contribution < -0.4 is 4.74 Å². The van der Waals surface area contributed by atoms with Gasteiger partial charge in [0, 0.05) is 28.2 Å². The van der Waals surface area contributed by atoms with E-state index in [1.54, 1.807) is 49.7 Å². The van der Waals surface area contributed by atoms with Crippen LogP contribution in [0, 0.1) is 11.3 Å². The van der Waals surface area contributed by atoms with Gasteiger partial charge in [-0.15, -0.1) is 0 Å². The number of aromatic amines is 1. The van der Waals surface area contributed by atoms with E-state index in [4.69, 9.17) is 4.74 Å². The summed E-state index contributed by atoms with van der Waals surface area (Å²) in [6.45, 7) is 0. The number of carbonyl (C=O) groups excluding carboxylic acids is 1. The number of nitrogens with one attached hydrogen (secondary N) is 1. The van der Waals surface area contributed by atoms with Crippen molar-refractivity contribution in [3.05, 3.63) is 65.4 Å². The van der Waals surface area contributed by atoms with E-state index < -0.39 is 0 Å². The van der Waals surface area contributed by atoms with Crippen molar-refractivity contribution in [2.75, 3.05) is 7.11 Å². The van der Waals surface area contributed by atoms with E-state index in [9.17, 15) is 10.1 Å². The monoisotopic (exact) mass is 276 g/mol. The van der Waals surface area contributed by atoms with Crippen molar-refractivity contribution in [3.8, 4) is 11.8 Å². The molecule has 21 heavy (non-hydrogen) atoms. The summed E-state index contributed by atoms with van der Waals surface area (Å²) in [6, 6.07) is 14.4. The Balaban J connectivity index is 2.11. The molecule has 1 N–H and O–H groups in total. The SMILES string of the molecule is COc1ccc(C(=O)c2c[nH]c3cccc(C#N)c23)cc1. The van der Waals surface area contributed by atoms with Gasteiger partial charge in [0.25, 0.3) is 0 Å². The average Bonchev–Trinajstić information content (AvgIpc) is 2.98. The van der Waals surface area contributed by atoms with Gasteiger partial charge in [0.15, 0.2) is 5.78 Å². The number of aromatic nitrogens is 1. The van der Waals surface area contributed by atoms with Crippen LogP contribution in [-0.4, -0.2) is 17.9 Å².